The molecule has 26 heavy (non-hydrogen) atoms. The van der Waals surface area contributed by atoms with E-state index in [4.69, 9.17) is 16.7 Å². The molecule has 0 aliphatic rings. The molecule has 0 atom stereocenters. The van der Waals surface area contributed by atoms with E-state index in [0.29, 0.717) is 22.4 Å². The maximum Gasteiger partial charge on any atom is 0.238 e. The molecular weight excluding hydrogens is 376 g/mol. The van der Waals surface area contributed by atoms with Gasteiger partial charge in [-0.05, 0) is 41.5 Å². The molecule has 132 valence electrons. The summed E-state index contributed by atoms with van der Waals surface area (Å²) in [7, 11) is -3.95. The van der Waals surface area contributed by atoms with Gasteiger partial charge >= 0.3 is 0 Å². The third-order valence-corrected chi connectivity index (χ3v) is 4.85. The van der Waals surface area contributed by atoms with Gasteiger partial charge in [-0.25, -0.2) is 18.2 Å². The van der Waals surface area contributed by atoms with Crippen molar-refractivity contribution in [2.45, 2.75) is 11.3 Å². The van der Waals surface area contributed by atoms with Crippen LogP contribution in [-0.4, -0.2) is 23.3 Å². The monoisotopic (exact) mass is 388 g/mol. The topological polar surface area (TPSA) is 127 Å². The Morgan fingerprint density at radius 3 is 2.54 bits per heavy atom. The average Bonchev–Trinajstić information content (AvgIpc) is 3.09. The summed E-state index contributed by atoms with van der Waals surface area (Å²) in [5, 5.41) is 22.3. The van der Waals surface area contributed by atoms with Gasteiger partial charge in [-0.2, -0.15) is 5.26 Å². The van der Waals surface area contributed by atoms with Crippen molar-refractivity contribution in [2.75, 3.05) is 5.43 Å². The van der Waals surface area contributed by atoms with Crippen molar-refractivity contribution in [3.05, 3.63) is 70.8 Å². The highest BCUT2D eigenvalue weighted by Crippen LogP contribution is 2.25. The molecule has 0 unspecified atom stereocenters. The molecule has 0 spiro atoms. The Morgan fingerprint density at radius 1 is 1.15 bits per heavy atom. The summed E-state index contributed by atoms with van der Waals surface area (Å²) in [5.74, 6) is 0. The van der Waals surface area contributed by atoms with Crippen LogP contribution in [0.1, 0.15) is 16.7 Å². The molecule has 0 amide bonds. The summed E-state index contributed by atoms with van der Waals surface area (Å²) in [5.41, 5.74) is 5.23. The first-order valence-electron chi connectivity index (χ1n) is 7.33. The molecule has 0 saturated carbocycles. The van der Waals surface area contributed by atoms with Crippen molar-refractivity contribution in [3.63, 3.8) is 0 Å². The van der Waals surface area contributed by atoms with Crippen LogP contribution in [0.25, 0.3) is 0 Å². The minimum atomic E-state index is -3.95. The number of benzene rings is 2. The summed E-state index contributed by atoms with van der Waals surface area (Å²) in [6.07, 6.45) is 3.16. The normalized spacial score (nSPS) is 11.1. The van der Waals surface area contributed by atoms with Crippen LogP contribution in [0.2, 0.25) is 5.02 Å². The SMILES string of the molecule is N#Cc1ccc(Nn2cnnc2)cc1Cc1ccc(Cl)cc1S(N)(=O)=O. The smallest absolute Gasteiger partial charge is 0.238 e. The quantitative estimate of drug-likeness (QED) is 0.687. The molecule has 10 heteroatoms. The van der Waals surface area contributed by atoms with Crippen molar-refractivity contribution in [3.8, 4) is 6.07 Å². The number of nitrogens with one attached hydrogen (secondary N) is 1. The second kappa shape index (κ2) is 7.13. The van der Waals surface area contributed by atoms with Gasteiger partial charge < -0.3 is 0 Å². The van der Waals surface area contributed by atoms with E-state index in [1.54, 1.807) is 35.0 Å². The molecule has 1 heterocycles. The van der Waals surface area contributed by atoms with Crippen molar-refractivity contribution in [1.82, 2.24) is 14.9 Å². The van der Waals surface area contributed by atoms with E-state index in [1.807, 2.05) is 0 Å². The molecule has 0 aliphatic carbocycles. The van der Waals surface area contributed by atoms with Gasteiger partial charge in [0.2, 0.25) is 10.0 Å². The summed E-state index contributed by atoms with van der Waals surface area (Å²) < 4.78 is 25.3. The Kier molecular flexibility index (Phi) is 4.90. The average molecular weight is 389 g/mol. The first-order chi connectivity index (χ1) is 12.4. The van der Waals surface area contributed by atoms with Crippen LogP contribution in [-0.2, 0) is 16.4 Å². The first-order valence-corrected chi connectivity index (χ1v) is 9.25. The highest BCUT2D eigenvalue weighted by molar-refractivity contribution is 7.89. The standard InChI is InChI=1S/C16H13ClN6O2S/c17-14-3-1-11(16(7-14)26(19,24)25)5-13-6-15(4-2-12(13)8-18)22-23-9-20-21-10-23/h1-4,6-7,9-10,22H,5H2,(H2,19,24,25). The number of nitriles is 1. The minimum absolute atomic E-state index is 0.0638. The number of rotatable bonds is 5. The zero-order chi connectivity index (χ0) is 18.7. The molecular formula is C16H13ClN6O2S. The zero-order valence-corrected chi connectivity index (χ0v) is 14.9. The van der Waals surface area contributed by atoms with Gasteiger partial charge in [-0.1, -0.05) is 17.7 Å². The van der Waals surface area contributed by atoms with Crippen molar-refractivity contribution in [1.29, 1.82) is 5.26 Å². The molecule has 0 fully saturated rings. The van der Waals surface area contributed by atoms with Crippen LogP contribution in [0.5, 0.6) is 0 Å². The van der Waals surface area contributed by atoms with Crippen LogP contribution in [0.15, 0.2) is 53.9 Å². The molecule has 0 bridgehead atoms. The number of hydrogen-bond acceptors (Lipinski definition) is 6. The van der Waals surface area contributed by atoms with Gasteiger partial charge in [0.25, 0.3) is 0 Å². The molecule has 3 aromatic rings. The van der Waals surface area contributed by atoms with Gasteiger partial charge in [0.1, 0.15) is 12.7 Å². The molecule has 0 saturated heterocycles. The van der Waals surface area contributed by atoms with Crippen LogP contribution < -0.4 is 10.6 Å². The van der Waals surface area contributed by atoms with E-state index in [-0.39, 0.29) is 16.3 Å². The summed E-state index contributed by atoms with van der Waals surface area (Å²) in [6.45, 7) is 0. The van der Waals surface area contributed by atoms with E-state index in [2.05, 4.69) is 21.7 Å². The maximum absolute atomic E-state index is 11.9. The van der Waals surface area contributed by atoms with Crippen LogP contribution in [0.4, 0.5) is 5.69 Å². The second-order valence-electron chi connectivity index (χ2n) is 5.44. The fourth-order valence-electron chi connectivity index (χ4n) is 2.47. The molecule has 2 aromatic carbocycles. The number of aromatic nitrogens is 3. The minimum Gasteiger partial charge on any atom is -0.292 e. The number of halogens is 1. The molecule has 0 radical (unpaired) electrons. The third-order valence-electron chi connectivity index (χ3n) is 3.62. The molecule has 0 aliphatic heterocycles. The fraction of sp³-hybridized carbons (Fsp3) is 0.0625. The first kappa shape index (κ1) is 17.9. The Morgan fingerprint density at radius 2 is 1.88 bits per heavy atom. The van der Waals surface area contributed by atoms with Gasteiger partial charge in [-0.3, -0.25) is 5.43 Å². The number of anilines is 1. The Hall–Kier alpha value is -2.93. The Labute approximate surface area is 154 Å². The second-order valence-corrected chi connectivity index (χ2v) is 7.40. The predicted octanol–water partition coefficient (Wildman–Crippen LogP) is 1.92. The van der Waals surface area contributed by atoms with E-state index in [9.17, 15) is 13.7 Å². The predicted molar refractivity (Wildman–Crippen MR) is 95.8 cm³/mol. The lowest BCUT2D eigenvalue weighted by Crippen LogP contribution is -2.15. The summed E-state index contributed by atoms with van der Waals surface area (Å²) >= 11 is 5.89. The van der Waals surface area contributed by atoms with Gasteiger partial charge in [0.05, 0.1) is 22.2 Å². The summed E-state index contributed by atoms with van der Waals surface area (Å²) in [4.78, 5) is -0.0638. The van der Waals surface area contributed by atoms with Crippen LogP contribution >= 0.6 is 11.6 Å². The number of nitrogens with zero attached hydrogens (tertiary/aromatic N) is 4. The molecule has 3 rings (SSSR count). The lowest BCUT2D eigenvalue weighted by atomic mass is 9.99. The van der Waals surface area contributed by atoms with E-state index in [0.717, 1.165) is 0 Å². The third kappa shape index (κ3) is 4.00. The summed E-state index contributed by atoms with van der Waals surface area (Å²) in [6, 6.07) is 11.7. The molecule has 1 aromatic heterocycles. The van der Waals surface area contributed by atoms with Crippen LogP contribution in [0, 0.1) is 11.3 Å². The van der Waals surface area contributed by atoms with E-state index >= 15 is 0 Å². The zero-order valence-electron chi connectivity index (χ0n) is 13.3. The van der Waals surface area contributed by atoms with Gasteiger partial charge in [0.15, 0.2) is 0 Å². The number of nitrogens with two attached hydrogens (primary N) is 1. The van der Waals surface area contributed by atoms with Gasteiger partial charge in [-0.15, -0.1) is 10.2 Å². The van der Waals surface area contributed by atoms with E-state index in [1.165, 1.54) is 18.7 Å². The molecule has 8 nitrogen and oxygen atoms in total. The largest absolute Gasteiger partial charge is 0.292 e. The number of primary sulfonamides is 1. The number of hydrogen-bond donors (Lipinski definition) is 2. The lowest BCUT2D eigenvalue weighted by Gasteiger charge is -2.12. The van der Waals surface area contributed by atoms with Crippen molar-refractivity contribution < 1.29 is 8.42 Å². The highest BCUT2D eigenvalue weighted by atomic mass is 35.5. The van der Waals surface area contributed by atoms with Crippen molar-refractivity contribution >= 4 is 27.3 Å². The van der Waals surface area contributed by atoms with Crippen LogP contribution in [0.3, 0.4) is 0 Å². The molecule has 3 N–H and O–H groups in total. The van der Waals surface area contributed by atoms with E-state index < -0.39 is 10.0 Å². The number of sulfonamides is 1. The lowest BCUT2D eigenvalue weighted by molar-refractivity contribution is 0.597. The Bertz CT molecular complexity index is 1090. The highest BCUT2D eigenvalue weighted by Gasteiger charge is 2.16. The van der Waals surface area contributed by atoms with Crippen molar-refractivity contribution in [2.24, 2.45) is 5.14 Å². The fourth-order valence-corrected chi connectivity index (χ4v) is 3.50. The van der Waals surface area contributed by atoms with Gasteiger partial charge in [0, 0.05) is 11.4 Å². The Balaban J connectivity index is 2.01. The maximum atomic E-state index is 11.9.